The Morgan fingerprint density at radius 1 is 1.05 bits per heavy atom. The minimum Gasteiger partial charge on any atom is -0.337 e. The van der Waals surface area contributed by atoms with E-state index in [0.717, 1.165) is 30.4 Å². The zero-order valence-corrected chi connectivity index (χ0v) is 12.6. The first-order chi connectivity index (χ1) is 9.74. The number of rotatable bonds is 1. The van der Waals surface area contributed by atoms with E-state index in [1.165, 1.54) is 11.1 Å². The number of hydrogen-bond donors (Lipinski definition) is 0. The van der Waals surface area contributed by atoms with Crippen LogP contribution in [0.2, 0.25) is 0 Å². The third kappa shape index (κ3) is 2.75. The maximum absolute atomic E-state index is 12.5. The van der Waals surface area contributed by atoms with E-state index in [4.69, 9.17) is 0 Å². The van der Waals surface area contributed by atoms with Gasteiger partial charge in [-0.1, -0.05) is 24.3 Å². The van der Waals surface area contributed by atoms with Gasteiger partial charge in [-0.25, -0.2) is 4.98 Å². The number of halogens is 1. The minimum atomic E-state index is 0.0188. The van der Waals surface area contributed by atoms with Gasteiger partial charge >= 0.3 is 0 Å². The monoisotopic (exact) mass is 330 g/mol. The summed E-state index contributed by atoms with van der Waals surface area (Å²) in [7, 11) is 0. The fraction of sp³-hybridized carbons (Fsp3) is 0.250. The number of benzene rings is 1. The van der Waals surface area contributed by atoms with Crippen LogP contribution >= 0.6 is 15.9 Å². The largest absolute Gasteiger partial charge is 0.337 e. The minimum absolute atomic E-state index is 0.0188. The maximum Gasteiger partial charge on any atom is 0.272 e. The molecule has 3 rings (SSSR count). The Morgan fingerprint density at radius 3 is 2.25 bits per heavy atom. The highest BCUT2D eigenvalue weighted by atomic mass is 79.9. The summed E-state index contributed by atoms with van der Waals surface area (Å²) >= 11 is 3.34. The molecule has 2 aromatic rings. The van der Waals surface area contributed by atoms with Crippen LogP contribution in [0.5, 0.6) is 0 Å². The zero-order valence-electron chi connectivity index (χ0n) is 11.1. The highest BCUT2D eigenvalue weighted by Gasteiger charge is 2.20. The molecule has 0 atom stereocenters. The summed E-state index contributed by atoms with van der Waals surface area (Å²) in [6.45, 7) is 1.52. The van der Waals surface area contributed by atoms with Gasteiger partial charge in [0.2, 0.25) is 0 Å². The van der Waals surface area contributed by atoms with E-state index in [1.54, 1.807) is 12.3 Å². The molecule has 0 saturated heterocycles. The second-order valence-corrected chi connectivity index (χ2v) is 5.84. The highest BCUT2D eigenvalue weighted by Crippen LogP contribution is 2.17. The number of nitrogens with zero attached hydrogens (tertiary/aromatic N) is 2. The van der Waals surface area contributed by atoms with E-state index in [9.17, 15) is 4.79 Å². The van der Waals surface area contributed by atoms with E-state index in [0.29, 0.717) is 5.69 Å². The fourth-order valence-corrected chi connectivity index (χ4v) is 2.77. The van der Waals surface area contributed by atoms with Gasteiger partial charge in [-0.15, -0.1) is 0 Å². The Kier molecular flexibility index (Phi) is 3.83. The van der Waals surface area contributed by atoms with Crippen molar-refractivity contribution in [1.82, 2.24) is 9.88 Å². The van der Waals surface area contributed by atoms with Crippen molar-refractivity contribution < 1.29 is 4.79 Å². The smallest absolute Gasteiger partial charge is 0.272 e. The molecule has 102 valence electrons. The van der Waals surface area contributed by atoms with Crippen molar-refractivity contribution in [3.8, 4) is 0 Å². The SMILES string of the molecule is O=C(c1ccc(Br)cn1)N1CCc2ccccc2CC1. The molecule has 1 aliphatic rings. The molecule has 0 fully saturated rings. The number of carbonyl (C=O) groups is 1. The molecule has 20 heavy (non-hydrogen) atoms. The summed E-state index contributed by atoms with van der Waals surface area (Å²) in [4.78, 5) is 18.6. The van der Waals surface area contributed by atoms with E-state index in [1.807, 2.05) is 11.0 Å². The maximum atomic E-state index is 12.5. The van der Waals surface area contributed by atoms with Crippen LogP contribution in [0.15, 0.2) is 47.1 Å². The van der Waals surface area contributed by atoms with Crippen LogP contribution in [-0.2, 0) is 12.8 Å². The van der Waals surface area contributed by atoms with Gasteiger partial charge in [0.15, 0.2) is 0 Å². The molecule has 2 heterocycles. The molecule has 0 N–H and O–H groups in total. The molecule has 1 aromatic carbocycles. The Bertz CT molecular complexity index is 598. The number of aromatic nitrogens is 1. The van der Waals surface area contributed by atoms with Crippen molar-refractivity contribution in [2.45, 2.75) is 12.8 Å². The molecule has 3 nitrogen and oxygen atoms in total. The first-order valence-electron chi connectivity index (χ1n) is 6.71. The summed E-state index contributed by atoms with van der Waals surface area (Å²) in [6, 6.07) is 12.1. The van der Waals surface area contributed by atoms with Gasteiger partial charge in [-0.05, 0) is 52.0 Å². The third-order valence-electron chi connectivity index (χ3n) is 3.65. The second-order valence-electron chi connectivity index (χ2n) is 4.92. The van der Waals surface area contributed by atoms with Crippen LogP contribution in [0, 0.1) is 0 Å². The second kappa shape index (κ2) is 5.75. The summed E-state index contributed by atoms with van der Waals surface area (Å²) in [5, 5.41) is 0. The Balaban J connectivity index is 1.76. The Labute approximate surface area is 126 Å². The van der Waals surface area contributed by atoms with Gasteiger partial charge in [0.25, 0.3) is 5.91 Å². The summed E-state index contributed by atoms with van der Waals surface area (Å²) < 4.78 is 0.886. The lowest BCUT2D eigenvalue weighted by molar-refractivity contribution is 0.0757. The summed E-state index contributed by atoms with van der Waals surface area (Å²) in [6.07, 6.45) is 3.50. The van der Waals surface area contributed by atoms with Crippen LogP contribution in [0.25, 0.3) is 0 Å². The molecule has 0 radical (unpaired) electrons. The van der Waals surface area contributed by atoms with Crippen molar-refractivity contribution in [2.24, 2.45) is 0 Å². The topological polar surface area (TPSA) is 33.2 Å². The number of hydrogen-bond acceptors (Lipinski definition) is 2. The van der Waals surface area contributed by atoms with E-state index in [-0.39, 0.29) is 5.91 Å². The first kappa shape index (κ1) is 13.3. The van der Waals surface area contributed by atoms with Gasteiger partial charge in [0, 0.05) is 23.8 Å². The number of amides is 1. The van der Waals surface area contributed by atoms with E-state index in [2.05, 4.69) is 45.2 Å². The van der Waals surface area contributed by atoms with Crippen molar-refractivity contribution >= 4 is 21.8 Å². The van der Waals surface area contributed by atoms with Crippen molar-refractivity contribution in [3.05, 3.63) is 63.9 Å². The molecular weight excluding hydrogens is 316 g/mol. The molecule has 0 unspecified atom stereocenters. The van der Waals surface area contributed by atoms with Crippen molar-refractivity contribution in [3.63, 3.8) is 0 Å². The van der Waals surface area contributed by atoms with Crippen LogP contribution in [0.3, 0.4) is 0 Å². The predicted molar refractivity (Wildman–Crippen MR) is 81.7 cm³/mol. The van der Waals surface area contributed by atoms with Gasteiger partial charge in [0.1, 0.15) is 5.69 Å². The number of fused-ring (bicyclic) bond motifs is 1. The molecule has 0 aliphatic carbocycles. The van der Waals surface area contributed by atoms with Crippen LogP contribution in [0.4, 0.5) is 0 Å². The van der Waals surface area contributed by atoms with Crippen LogP contribution in [-0.4, -0.2) is 28.9 Å². The Morgan fingerprint density at radius 2 is 1.70 bits per heavy atom. The van der Waals surface area contributed by atoms with Gasteiger partial charge in [-0.3, -0.25) is 4.79 Å². The quantitative estimate of drug-likeness (QED) is 0.805. The van der Waals surface area contributed by atoms with Gasteiger partial charge in [-0.2, -0.15) is 0 Å². The third-order valence-corrected chi connectivity index (χ3v) is 4.12. The molecule has 4 heteroatoms. The molecule has 0 saturated carbocycles. The molecule has 0 bridgehead atoms. The Hall–Kier alpha value is -1.68. The lowest BCUT2D eigenvalue weighted by Gasteiger charge is -2.19. The molecular formula is C16H15BrN2O. The summed E-state index contributed by atoms with van der Waals surface area (Å²) in [5.41, 5.74) is 3.22. The number of carbonyl (C=O) groups excluding carboxylic acids is 1. The van der Waals surface area contributed by atoms with E-state index < -0.39 is 0 Å². The molecule has 1 aromatic heterocycles. The predicted octanol–water partition coefficient (Wildman–Crippen LogP) is 3.09. The normalized spacial score (nSPS) is 14.6. The highest BCUT2D eigenvalue weighted by molar-refractivity contribution is 9.10. The van der Waals surface area contributed by atoms with Crippen molar-refractivity contribution in [1.29, 1.82) is 0 Å². The summed E-state index contributed by atoms with van der Waals surface area (Å²) in [5.74, 6) is 0.0188. The lowest BCUT2D eigenvalue weighted by atomic mass is 10.0. The number of pyridine rings is 1. The van der Waals surface area contributed by atoms with Crippen LogP contribution < -0.4 is 0 Å². The van der Waals surface area contributed by atoms with Crippen molar-refractivity contribution in [2.75, 3.05) is 13.1 Å². The molecule has 1 aliphatic heterocycles. The average molecular weight is 331 g/mol. The first-order valence-corrected chi connectivity index (χ1v) is 7.51. The molecule has 0 spiro atoms. The average Bonchev–Trinajstić information content (AvgIpc) is 2.70. The fourth-order valence-electron chi connectivity index (χ4n) is 2.54. The van der Waals surface area contributed by atoms with E-state index >= 15 is 0 Å². The van der Waals surface area contributed by atoms with Crippen LogP contribution in [0.1, 0.15) is 21.6 Å². The van der Waals surface area contributed by atoms with Gasteiger partial charge < -0.3 is 4.90 Å². The lowest BCUT2D eigenvalue weighted by Crippen LogP contribution is -2.33. The standard InChI is InChI=1S/C16H15BrN2O/c17-14-5-6-15(18-11-14)16(20)19-9-7-12-3-1-2-4-13(12)8-10-19/h1-6,11H,7-10H2. The molecule has 1 amide bonds. The van der Waals surface area contributed by atoms with Gasteiger partial charge in [0.05, 0.1) is 0 Å². The zero-order chi connectivity index (χ0) is 13.9.